The van der Waals surface area contributed by atoms with E-state index >= 15 is 0 Å². The van der Waals surface area contributed by atoms with Crippen LogP contribution in [0.3, 0.4) is 0 Å². The molecule has 128 valence electrons. The Hall–Kier alpha value is -1.89. The molecule has 2 atom stereocenters. The lowest BCUT2D eigenvalue weighted by molar-refractivity contribution is -0.0505. The van der Waals surface area contributed by atoms with Gasteiger partial charge in [-0.05, 0) is 33.3 Å². The van der Waals surface area contributed by atoms with Gasteiger partial charge in [-0.15, -0.1) is 0 Å². The molecule has 1 saturated carbocycles. The number of carbonyl (C=O) groups excluding carboxylic acids is 1. The molecule has 1 fully saturated rings. The first-order chi connectivity index (χ1) is 10.7. The van der Waals surface area contributed by atoms with Crippen LogP contribution in [0.25, 0.3) is 0 Å². The number of halogens is 2. The van der Waals surface area contributed by atoms with E-state index in [2.05, 4.69) is 15.4 Å². The van der Waals surface area contributed by atoms with Crippen LogP contribution < -0.4 is 15.4 Å². The first-order valence-electron chi connectivity index (χ1n) is 7.50. The SMILES string of the molecule is CC(C)(C)OC(=O)NC1CC1NCc1ccccc1OC(F)F. The van der Waals surface area contributed by atoms with E-state index in [4.69, 9.17) is 4.74 Å². The van der Waals surface area contributed by atoms with Gasteiger partial charge in [0.1, 0.15) is 11.4 Å². The fourth-order valence-corrected chi connectivity index (χ4v) is 2.14. The molecule has 7 heteroatoms. The van der Waals surface area contributed by atoms with Crippen molar-refractivity contribution >= 4 is 6.09 Å². The van der Waals surface area contributed by atoms with Crippen LogP contribution >= 0.6 is 0 Å². The maximum absolute atomic E-state index is 12.3. The van der Waals surface area contributed by atoms with Crippen LogP contribution in [0.4, 0.5) is 13.6 Å². The average molecular weight is 328 g/mol. The summed E-state index contributed by atoms with van der Waals surface area (Å²) in [7, 11) is 0. The van der Waals surface area contributed by atoms with Crippen molar-refractivity contribution in [2.75, 3.05) is 0 Å². The van der Waals surface area contributed by atoms with Crippen molar-refractivity contribution in [1.82, 2.24) is 10.6 Å². The largest absolute Gasteiger partial charge is 0.444 e. The Kier molecular flexibility index (Phi) is 5.41. The summed E-state index contributed by atoms with van der Waals surface area (Å²) in [6.07, 6.45) is 0.324. The lowest BCUT2D eigenvalue weighted by Crippen LogP contribution is -2.36. The van der Waals surface area contributed by atoms with E-state index in [0.717, 1.165) is 6.42 Å². The molecule has 0 aliphatic heterocycles. The number of nitrogens with one attached hydrogen (secondary N) is 2. The standard InChI is InChI=1S/C16H22F2N2O3/c1-16(2,3)23-15(21)20-12-8-11(12)19-9-10-6-4-5-7-13(10)22-14(17)18/h4-7,11-12,14,19H,8-9H2,1-3H3,(H,20,21). The van der Waals surface area contributed by atoms with Gasteiger partial charge >= 0.3 is 12.7 Å². The van der Waals surface area contributed by atoms with Gasteiger partial charge in [0.05, 0.1) is 0 Å². The molecule has 5 nitrogen and oxygen atoms in total. The average Bonchev–Trinajstić information content (AvgIpc) is 3.13. The molecule has 2 unspecified atom stereocenters. The minimum absolute atomic E-state index is 0.00645. The normalized spacial score (nSPS) is 20.3. The molecular weight excluding hydrogens is 306 g/mol. The van der Waals surface area contributed by atoms with Gasteiger partial charge in [-0.25, -0.2) is 4.79 Å². The van der Waals surface area contributed by atoms with Crippen molar-refractivity contribution in [3.05, 3.63) is 29.8 Å². The number of benzene rings is 1. The van der Waals surface area contributed by atoms with Crippen molar-refractivity contribution in [3.63, 3.8) is 0 Å². The Morgan fingerprint density at radius 1 is 1.30 bits per heavy atom. The summed E-state index contributed by atoms with van der Waals surface area (Å²) in [5.74, 6) is 0.160. The highest BCUT2D eigenvalue weighted by Gasteiger charge is 2.39. The molecule has 0 heterocycles. The summed E-state index contributed by atoms with van der Waals surface area (Å²) in [6.45, 7) is 2.94. The van der Waals surface area contributed by atoms with E-state index in [-0.39, 0.29) is 17.8 Å². The zero-order valence-corrected chi connectivity index (χ0v) is 13.4. The molecule has 0 spiro atoms. The molecule has 2 N–H and O–H groups in total. The molecule has 1 aromatic carbocycles. The number of alkyl carbamates (subject to hydrolysis) is 1. The van der Waals surface area contributed by atoms with E-state index in [1.165, 1.54) is 6.07 Å². The van der Waals surface area contributed by atoms with Crippen LogP contribution in [0.2, 0.25) is 0 Å². The topological polar surface area (TPSA) is 59.6 Å². The predicted molar refractivity (Wildman–Crippen MR) is 81.5 cm³/mol. The lowest BCUT2D eigenvalue weighted by Gasteiger charge is -2.19. The Labute approximate surface area is 134 Å². The van der Waals surface area contributed by atoms with Gasteiger partial charge in [-0.3, -0.25) is 0 Å². The van der Waals surface area contributed by atoms with Crippen LogP contribution in [0.15, 0.2) is 24.3 Å². The number of carbonyl (C=O) groups is 1. The molecule has 0 radical (unpaired) electrons. The number of ether oxygens (including phenoxy) is 2. The van der Waals surface area contributed by atoms with Crippen LogP contribution in [0, 0.1) is 0 Å². The third kappa shape index (κ3) is 6.02. The molecule has 1 aliphatic carbocycles. The van der Waals surface area contributed by atoms with E-state index in [1.54, 1.807) is 39.0 Å². The molecule has 0 saturated heterocycles. The highest BCUT2D eigenvalue weighted by Crippen LogP contribution is 2.25. The summed E-state index contributed by atoms with van der Waals surface area (Å²) >= 11 is 0. The van der Waals surface area contributed by atoms with Crippen molar-refractivity contribution in [3.8, 4) is 5.75 Å². The molecule has 2 rings (SSSR count). The number of hydrogen-bond donors (Lipinski definition) is 2. The van der Waals surface area contributed by atoms with Gasteiger partial charge in [-0.1, -0.05) is 18.2 Å². The second-order valence-electron chi connectivity index (χ2n) is 6.46. The number of hydrogen-bond acceptors (Lipinski definition) is 4. The monoisotopic (exact) mass is 328 g/mol. The molecule has 0 bridgehead atoms. The number of rotatable bonds is 6. The van der Waals surface area contributed by atoms with Gasteiger partial charge in [0.15, 0.2) is 0 Å². The first kappa shape index (κ1) is 17.5. The second-order valence-corrected chi connectivity index (χ2v) is 6.46. The van der Waals surface area contributed by atoms with Crippen LogP contribution in [0.5, 0.6) is 5.75 Å². The van der Waals surface area contributed by atoms with Gasteiger partial charge in [0.2, 0.25) is 0 Å². The fraction of sp³-hybridized carbons (Fsp3) is 0.562. The molecular formula is C16H22F2N2O3. The molecule has 1 aromatic rings. The summed E-state index contributed by atoms with van der Waals surface area (Å²) in [4.78, 5) is 11.6. The van der Waals surface area contributed by atoms with Crippen molar-refractivity contribution < 1.29 is 23.0 Å². The zero-order valence-electron chi connectivity index (χ0n) is 13.4. The van der Waals surface area contributed by atoms with Crippen LogP contribution in [0.1, 0.15) is 32.8 Å². The zero-order chi connectivity index (χ0) is 17.0. The summed E-state index contributed by atoms with van der Waals surface area (Å²) in [6, 6.07) is 6.73. The smallest absolute Gasteiger partial charge is 0.407 e. The predicted octanol–water partition coefficient (Wildman–Crippen LogP) is 3.04. The molecule has 1 amide bonds. The molecule has 0 aromatic heterocycles. The number of para-hydroxylation sites is 1. The first-order valence-corrected chi connectivity index (χ1v) is 7.50. The van der Waals surface area contributed by atoms with Crippen LogP contribution in [-0.2, 0) is 11.3 Å². The Bertz CT molecular complexity index is 546. The minimum Gasteiger partial charge on any atom is -0.444 e. The van der Waals surface area contributed by atoms with Crippen LogP contribution in [-0.4, -0.2) is 30.4 Å². The maximum Gasteiger partial charge on any atom is 0.407 e. The minimum atomic E-state index is -2.85. The molecule has 1 aliphatic rings. The summed E-state index contributed by atoms with van der Waals surface area (Å²) in [5, 5.41) is 5.98. The van der Waals surface area contributed by atoms with Crippen molar-refractivity contribution in [2.24, 2.45) is 0 Å². The second kappa shape index (κ2) is 7.12. The lowest BCUT2D eigenvalue weighted by atomic mass is 10.2. The van der Waals surface area contributed by atoms with E-state index < -0.39 is 18.3 Å². The van der Waals surface area contributed by atoms with Gasteiger partial charge < -0.3 is 20.1 Å². The van der Waals surface area contributed by atoms with E-state index in [1.807, 2.05) is 0 Å². The maximum atomic E-state index is 12.3. The number of amides is 1. The quantitative estimate of drug-likeness (QED) is 0.843. The third-order valence-corrected chi connectivity index (χ3v) is 3.24. The Morgan fingerprint density at radius 2 is 2.00 bits per heavy atom. The van der Waals surface area contributed by atoms with Crippen molar-refractivity contribution in [1.29, 1.82) is 0 Å². The van der Waals surface area contributed by atoms with Gasteiger partial charge in [0.25, 0.3) is 0 Å². The summed E-state index contributed by atoms with van der Waals surface area (Å²) < 4.78 is 34.4. The summed E-state index contributed by atoms with van der Waals surface area (Å²) in [5.41, 5.74) is 0.115. The highest BCUT2D eigenvalue weighted by atomic mass is 19.3. The van der Waals surface area contributed by atoms with Gasteiger partial charge in [-0.2, -0.15) is 8.78 Å². The molecule has 23 heavy (non-hydrogen) atoms. The Morgan fingerprint density at radius 3 is 2.65 bits per heavy atom. The van der Waals surface area contributed by atoms with E-state index in [9.17, 15) is 13.6 Å². The van der Waals surface area contributed by atoms with Crippen molar-refractivity contribution in [2.45, 2.75) is 58.0 Å². The third-order valence-electron chi connectivity index (χ3n) is 3.24. The van der Waals surface area contributed by atoms with E-state index in [0.29, 0.717) is 12.1 Å². The highest BCUT2D eigenvalue weighted by molar-refractivity contribution is 5.68. The number of alkyl halides is 2. The van der Waals surface area contributed by atoms with Gasteiger partial charge in [0, 0.05) is 24.2 Å². The Balaban J connectivity index is 1.77. The fourth-order valence-electron chi connectivity index (χ4n) is 2.14.